The summed E-state index contributed by atoms with van der Waals surface area (Å²) in [6, 6.07) is 17.6. The van der Waals surface area contributed by atoms with E-state index in [1.165, 1.54) is 10.9 Å². The van der Waals surface area contributed by atoms with E-state index in [0.717, 1.165) is 0 Å². The zero-order valence-corrected chi connectivity index (χ0v) is 13.3. The number of halogens is 1. The Bertz CT molecular complexity index is 909. The van der Waals surface area contributed by atoms with Crippen molar-refractivity contribution in [1.29, 1.82) is 0 Å². The Morgan fingerprint density at radius 1 is 1.04 bits per heavy atom. The van der Waals surface area contributed by atoms with Crippen LogP contribution in [0.25, 0.3) is 5.69 Å². The van der Waals surface area contributed by atoms with Gasteiger partial charge in [-0.1, -0.05) is 60.1 Å². The first-order valence-corrected chi connectivity index (χ1v) is 7.59. The zero-order chi connectivity index (χ0) is 16.9. The molecule has 3 rings (SSSR count). The molecule has 0 unspecified atom stereocenters. The van der Waals surface area contributed by atoms with Crippen LogP contribution in [0, 0.1) is 0 Å². The lowest BCUT2D eigenvalue weighted by Gasteiger charge is -2.09. The summed E-state index contributed by atoms with van der Waals surface area (Å²) in [6.07, 6.45) is 1.33. The smallest absolute Gasteiger partial charge is 0.294 e. The van der Waals surface area contributed by atoms with Crippen LogP contribution >= 0.6 is 11.6 Å². The zero-order valence-electron chi connectivity index (χ0n) is 12.6. The van der Waals surface area contributed by atoms with E-state index in [1.807, 2.05) is 12.1 Å². The second-order valence-corrected chi connectivity index (χ2v) is 5.33. The van der Waals surface area contributed by atoms with Crippen LogP contribution in [-0.2, 0) is 0 Å². The fraction of sp³-hybridized carbons (Fsp3) is 0.0556. The van der Waals surface area contributed by atoms with Crippen molar-refractivity contribution < 1.29 is 9.53 Å². The van der Waals surface area contributed by atoms with Gasteiger partial charge in [-0.3, -0.25) is 9.59 Å². The number of nitrogens with zero attached hydrogens (tertiary/aromatic N) is 2. The van der Waals surface area contributed by atoms with Crippen LogP contribution in [0.2, 0.25) is 5.02 Å². The molecule has 0 amide bonds. The number of para-hydroxylation sites is 1. The highest BCUT2D eigenvalue weighted by Gasteiger charge is 2.13. The third kappa shape index (κ3) is 3.36. The maximum absolute atomic E-state index is 12.3. The third-order valence-electron chi connectivity index (χ3n) is 3.34. The molecule has 0 fully saturated rings. The maximum Gasteiger partial charge on any atom is 0.294 e. The largest absolute Gasteiger partial charge is 0.482 e. The van der Waals surface area contributed by atoms with Gasteiger partial charge >= 0.3 is 0 Å². The number of ether oxygens (including phenoxy) is 1. The van der Waals surface area contributed by atoms with Gasteiger partial charge < -0.3 is 4.74 Å². The van der Waals surface area contributed by atoms with Gasteiger partial charge in [0.1, 0.15) is 0 Å². The molecule has 0 aliphatic carbocycles. The Labute approximate surface area is 143 Å². The maximum atomic E-state index is 12.3. The minimum absolute atomic E-state index is 0.0816. The second kappa shape index (κ2) is 7.10. The molecule has 0 saturated carbocycles. The lowest BCUT2D eigenvalue weighted by molar-refractivity contribution is 0.0921. The van der Waals surface area contributed by atoms with Gasteiger partial charge in [0.2, 0.25) is 0 Å². The van der Waals surface area contributed by atoms with E-state index in [9.17, 15) is 9.59 Å². The SMILES string of the molecule is O=C(COc1cnn(-c2ccccc2)c(=O)c1Cl)c1ccccc1. The monoisotopic (exact) mass is 340 g/mol. The van der Waals surface area contributed by atoms with Crippen molar-refractivity contribution in [3.63, 3.8) is 0 Å². The lowest BCUT2D eigenvalue weighted by atomic mass is 10.1. The van der Waals surface area contributed by atoms with Crippen molar-refractivity contribution in [3.05, 3.63) is 87.8 Å². The van der Waals surface area contributed by atoms with E-state index in [1.54, 1.807) is 48.5 Å². The Kier molecular flexibility index (Phi) is 4.72. The van der Waals surface area contributed by atoms with Crippen molar-refractivity contribution >= 4 is 17.4 Å². The summed E-state index contributed by atoms with van der Waals surface area (Å²) in [6.45, 7) is -0.222. The van der Waals surface area contributed by atoms with Crippen molar-refractivity contribution in [1.82, 2.24) is 9.78 Å². The summed E-state index contributed by atoms with van der Waals surface area (Å²) in [5.41, 5.74) is 0.614. The second-order valence-electron chi connectivity index (χ2n) is 4.95. The number of carbonyl (C=O) groups excluding carboxylic acids is 1. The van der Waals surface area contributed by atoms with E-state index >= 15 is 0 Å². The Morgan fingerprint density at radius 2 is 1.67 bits per heavy atom. The fourth-order valence-electron chi connectivity index (χ4n) is 2.12. The number of hydrogen-bond donors (Lipinski definition) is 0. The van der Waals surface area contributed by atoms with E-state index in [0.29, 0.717) is 11.3 Å². The van der Waals surface area contributed by atoms with Crippen LogP contribution in [0.15, 0.2) is 71.7 Å². The van der Waals surface area contributed by atoms with Gasteiger partial charge in [0.25, 0.3) is 5.56 Å². The first-order valence-electron chi connectivity index (χ1n) is 7.21. The minimum Gasteiger partial charge on any atom is -0.482 e. The molecular weight excluding hydrogens is 328 g/mol. The topological polar surface area (TPSA) is 61.2 Å². The molecule has 0 radical (unpaired) electrons. The first kappa shape index (κ1) is 16.0. The van der Waals surface area contributed by atoms with Crippen LogP contribution in [0.1, 0.15) is 10.4 Å². The van der Waals surface area contributed by atoms with Crippen molar-refractivity contribution in [3.8, 4) is 11.4 Å². The molecule has 1 aromatic heterocycles. The van der Waals surface area contributed by atoms with Gasteiger partial charge in [0, 0.05) is 5.56 Å². The number of Topliss-reactive ketones (excluding diaryl/α,β-unsaturated/α-hetero) is 1. The van der Waals surface area contributed by atoms with E-state index in [4.69, 9.17) is 16.3 Å². The Hall–Kier alpha value is -2.92. The highest BCUT2D eigenvalue weighted by atomic mass is 35.5. The van der Waals surface area contributed by atoms with Crippen LogP contribution in [0.3, 0.4) is 0 Å². The number of aromatic nitrogens is 2. The molecular formula is C18H13ClN2O3. The van der Waals surface area contributed by atoms with Crippen LogP contribution in [-0.4, -0.2) is 22.2 Å². The Balaban J connectivity index is 1.79. The lowest BCUT2D eigenvalue weighted by Crippen LogP contribution is -2.22. The summed E-state index contributed by atoms with van der Waals surface area (Å²) in [7, 11) is 0. The van der Waals surface area contributed by atoms with Crippen molar-refractivity contribution in [2.45, 2.75) is 0 Å². The Morgan fingerprint density at radius 3 is 2.33 bits per heavy atom. The van der Waals surface area contributed by atoms with Crippen molar-refractivity contribution in [2.24, 2.45) is 0 Å². The highest BCUT2D eigenvalue weighted by molar-refractivity contribution is 6.31. The molecule has 5 nitrogen and oxygen atoms in total. The summed E-state index contributed by atoms with van der Waals surface area (Å²) >= 11 is 6.07. The van der Waals surface area contributed by atoms with Gasteiger partial charge in [-0.25, -0.2) is 0 Å². The van der Waals surface area contributed by atoms with Gasteiger partial charge in [-0.2, -0.15) is 9.78 Å². The average Bonchev–Trinajstić information content (AvgIpc) is 2.64. The van der Waals surface area contributed by atoms with Crippen LogP contribution in [0.4, 0.5) is 0 Å². The number of benzene rings is 2. The van der Waals surface area contributed by atoms with Crippen molar-refractivity contribution in [2.75, 3.05) is 6.61 Å². The number of hydrogen-bond acceptors (Lipinski definition) is 4. The number of ketones is 1. The van der Waals surface area contributed by atoms with Gasteiger partial charge in [0.15, 0.2) is 23.2 Å². The number of carbonyl (C=O) groups is 1. The van der Waals surface area contributed by atoms with Gasteiger partial charge in [0.05, 0.1) is 11.9 Å². The third-order valence-corrected chi connectivity index (χ3v) is 3.69. The van der Waals surface area contributed by atoms with Crippen LogP contribution < -0.4 is 10.3 Å². The summed E-state index contributed by atoms with van der Waals surface area (Å²) in [4.78, 5) is 24.3. The highest BCUT2D eigenvalue weighted by Crippen LogP contribution is 2.19. The molecule has 3 aromatic rings. The van der Waals surface area contributed by atoms with Crippen LogP contribution in [0.5, 0.6) is 5.75 Å². The predicted octanol–water partition coefficient (Wildman–Crippen LogP) is 3.15. The first-order chi connectivity index (χ1) is 11.7. The fourth-order valence-corrected chi connectivity index (χ4v) is 2.31. The molecule has 0 atom stereocenters. The molecule has 1 heterocycles. The quantitative estimate of drug-likeness (QED) is 0.669. The molecule has 6 heteroatoms. The summed E-state index contributed by atoms with van der Waals surface area (Å²) < 4.78 is 6.54. The molecule has 24 heavy (non-hydrogen) atoms. The standard InChI is InChI=1S/C18H13ClN2O3/c19-17-16(24-12-15(22)13-7-3-1-4-8-13)11-20-21(18(17)23)14-9-5-2-6-10-14/h1-11H,12H2. The normalized spacial score (nSPS) is 10.4. The predicted molar refractivity (Wildman–Crippen MR) is 91.1 cm³/mol. The molecule has 0 N–H and O–H groups in total. The molecule has 0 aliphatic heterocycles. The molecule has 2 aromatic carbocycles. The van der Waals surface area contributed by atoms with E-state index in [2.05, 4.69) is 5.10 Å². The molecule has 0 bridgehead atoms. The summed E-state index contributed by atoms with van der Waals surface area (Å²) in [5, 5.41) is 3.93. The van der Waals surface area contributed by atoms with Gasteiger partial charge in [-0.05, 0) is 12.1 Å². The van der Waals surface area contributed by atoms with Gasteiger partial charge in [-0.15, -0.1) is 0 Å². The molecule has 0 aliphatic rings. The number of rotatable bonds is 5. The molecule has 0 saturated heterocycles. The average molecular weight is 341 g/mol. The van der Waals surface area contributed by atoms with E-state index in [-0.39, 0.29) is 23.2 Å². The summed E-state index contributed by atoms with van der Waals surface area (Å²) in [5.74, 6) is -0.128. The minimum atomic E-state index is -0.507. The molecule has 0 spiro atoms. The van der Waals surface area contributed by atoms with E-state index < -0.39 is 5.56 Å². The molecule has 120 valence electrons.